The highest BCUT2D eigenvalue weighted by Crippen LogP contribution is 2.33. The van der Waals surface area contributed by atoms with Gasteiger partial charge in [0.15, 0.2) is 5.69 Å². The summed E-state index contributed by atoms with van der Waals surface area (Å²) in [5, 5.41) is 9.81. The number of aromatic nitrogens is 2. The fourth-order valence-electron chi connectivity index (χ4n) is 3.68. The van der Waals surface area contributed by atoms with Crippen molar-refractivity contribution in [1.82, 2.24) is 9.55 Å². The second kappa shape index (κ2) is 10.8. The number of methoxy groups -OCH3 is 1. The molecule has 37 heavy (non-hydrogen) atoms. The van der Waals surface area contributed by atoms with Crippen molar-refractivity contribution >= 4 is 11.9 Å². The van der Waals surface area contributed by atoms with Crippen LogP contribution in [0.3, 0.4) is 0 Å². The highest BCUT2D eigenvalue weighted by molar-refractivity contribution is 5.94. The van der Waals surface area contributed by atoms with Crippen LogP contribution >= 0.6 is 0 Å². The first-order valence-corrected chi connectivity index (χ1v) is 11.3. The molecule has 0 saturated heterocycles. The zero-order valence-electron chi connectivity index (χ0n) is 20.4. The van der Waals surface area contributed by atoms with E-state index in [1.54, 1.807) is 37.4 Å². The number of carbonyl (C=O) groups is 2. The fourth-order valence-corrected chi connectivity index (χ4v) is 3.68. The molecule has 0 bridgehead atoms. The van der Waals surface area contributed by atoms with Gasteiger partial charge in [-0.25, -0.2) is 14.6 Å². The van der Waals surface area contributed by atoms with Gasteiger partial charge in [0.05, 0.1) is 18.2 Å². The molecule has 0 fully saturated rings. The van der Waals surface area contributed by atoms with E-state index in [0.29, 0.717) is 17.1 Å². The quantitative estimate of drug-likeness (QED) is 0.357. The first kappa shape index (κ1) is 25.2. The Kier molecular flexibility index (Phi) is 7.34. The van der Waals surface area contributed by atoms with Gasteiger partial charge in [-0.05, 0) is 48.4 Å². The Bertz CT molecular complexity index is 1510. The molecule has 0 aliphatic rings. The molecule has 1 aromatic heterocycles. The fraction of sp³-hybridized carbons (Fsp3) is 0.143. The molecular weight excluding hydrogens is 476 g/mol. The number of ether oxygens (including phenoxy) is 3. The highest BCUT2D eigenvalue weighted by atomic mass is 16.5. The third kappa shape index (κ3) is 5.35. The van der Waals surface area contributed by atoms with Crippen LogP contribution in [0, 0.1) is 6.92 Å². The molecule has 0 atom stereocenters. The predicted molar refractivity (Wildman–Crippen MR) is 135 cm³/mol. The predicted octanol–water partition coefficient (Wildman–Crippen LogP) is 4.26. The summed E-state index contributed by atoms with van der Waals surface area (Å²) in [6.45, 7) is 2.05. The second-order valence-electron chi connectivity index (χ2n) is 8.13. The summed E-state index contributed by atoms with van der Waals surface area (Å²) in [5.41, 5.74) is 0.719. The number of esters is 1. The zero-order valence-corrected chi connectivity index (χ0v) is 20.4. The SMILES string of the molecule is COc1ccc(COc2c(C)cccc2-c2nc(C(=O)O)c(OC(=O)c3ccccc3)c(=O)n2C)cc1. The van der Waals surface area contributed by atoms with Gasteiger partial charge in [-0.2, -0.15) is 0 Å². The maximum atomic E-state index is 13.2. The molecule has 9 heteroatoms. The normalized spacial score (nSPS) is 10.6. The molecule has 0 aliphatic carbocycles. The minimum absolute atomic E-state index is 0.0512. The maximum absolute atomic E-state index is 13.2. The minimum atomic E-state index is -1.51. The van der Waals surface area contributed by atoms with Crippen LogP contribution in [0.15, 0.2) is 77.6 Å². The van der Waals surface area contributed by atoms with E-state index in [9.17, 15) is 19.5 Å². The molecule has 4 aromatic rings. The number of rotatable bonds is 8. The van der Waals surface area contributed by atoms with E-state index in [1.165, 1.54) is 19.2 Å². The van der Waals surface area contributed by atoms with Gasteiger partial charge in [0.2, 0.25) is 5.75 Å². The van der Waals surface area contributed by atoms with Crippen molar-refractivity contribution in [2.45, 2.75) is 13.5 Å². The number of hydrogen-bond acceptors (Lipinski definition) is 7. The Morgan fingerprint density at radius 2 is 1.65 bits per heavy atom. The molecule has 4 rings (SSSR count). The average Bonchev–Trinajstić information content (AvgIpc) is 2.91. The van der Waals surface area contributed by atoms with E-state index in [-0.39, 0.29) is 18.0 Å². The molecule has 1 N–H and O–H groups in total. The molecule has 0 spiro atoms. The van der Waals surface area contributed by atoms with Gasteiger partial charge in [-0.3, -0.25) is 9.36 Å². The second-order valence-corrected chi connectivity index (χ2v) is 8.13. The Labute approximate surface area is 212 Å². The van der Waals surface area contributed by atoms with Crippen molar-refractivity contribution < 1.29 is 28.9 Å². The van der Waals surface area contributed by atoms with Crippen LogP contribution in [-0.4, -0.2) is 33.7 Å². The zero-order chi connectivity index (χ0) is 26.5. The Balaban J connectivity index is 1.74. The lowest BCUT2D eigenvalue weighted by Gasteiger charge is -2.17. The number of carboxylic acid groups (broad SMARTS) is 1. The van der Waals surface area contributed by atoms with Gasteiger partial charge in [0, 0.05) is 7.05 Å². The molecule has 0 unspecified atom stereocenters. The van der Waals surface area contributed by atoms with E-state index >= 15 is 0 Å². The van der Waals surface area contributed by atoms with Gasteiger partial charge < -0.3 is 19.3 Å². The van der Waals surface area contributed by atoms with Gasteiger partial charge in [-0.1, -0.05) is 42.5 Å². The number of carbonyl (C=O) groups excluding carboxylic acids is 1. The molecular formula is C28H24N2O7. The van der Waals surface area contributed by atoms with Crippen LogP contribution in [0.25, 0.3) is 11.4 Å². The lowest BCUT2D eigenvalue weighted by atomic mass is 10.1. The standard InChI is InChI=1S/C28H24N2O7/c1-17-8-7-11-21(23(17)36-16-18-12-14-20(35-3)15-13-18)25-29-22(27(32)33)24(26(31)30(25)2)37-28(34)19-9-5-4-6-10-19/h4-15H,16H2,1-3H3,(H,32,33). The van der Waals surface area contributed by atoms with E-state index in [0.717, 1.165) is 15.7 Å². The summed E-state index contributed by atoms with van der Waals surface area (Å²) in [5.74, 6) is -1.84. The molecule has 0 aliphatic heterocycles. The van der Waals surface area contributed by atoms with Crippen LogP contribution < -0.4 is 19.8 Å². The van der Waals surface area contributed by atoms with Crippen molar-refractivity contribution in [1.29, 1.82) is 0 Å². The molecule has 9 nitrogen and oxygen atoms in total. The van der Waals surface area contributed by atoms with Gasteiger partial charge in [0.1, 0.15) is 23.9 Å². The minimum Gasteiger partial charge on any atom is -0.497 e. The lowest BCUT2D eigenvalue weighted by Crippen LogP contribution is -2.28. The van der Waals surface area contributed by atoms with E-state index < -0.39 is 28.9 Å². The highest BCUT2D eigenvalue weighted by Gasteiger charge is 2.26. The summed E-state index contributed by atoms with van der Waals surface area (Å²) in [6, 6.07) is 20.6. The first-order valence-electron chi connectivity index (χ1n) is 11.3. The Hall–Kier alpha value is -4.92. The van der Waals surface area contributed by atoms with Crippen LogP contribution in [0.5, 0.6) is 17.2 Å². The lowest BCUT2D eigenvalue weighted by molar-refractivity contribution is 0.0672. The third-order valence-corrected chi connectivity index (χ3v) is 5.65. The largest absolute Gasteiger partial charge is 0.497 e. The van der Waals surface area contributed by atoms with Crippen LogP contribution in [-0.2, 0) is 13.7 Å². The van der Waals surface area contributed by atoms with E-state index in [1.807, 2.05) is 37.3 Å². The summed E-state index contributed by atoms with van der Waals surface area (Å²) in [6.07, 6.45) is 0. The molecule has 3 aromatic carbocycles. The van der Waals surface area contributed by atoms with Crippen molar-refractivity contribution in [2.24, 2.45) is 7.05 Å². The monoisotopic (exact) mass is 500 g/mol. The number of benzene rings is 3. The van der Waals surface area contributed by atoms with Crippen molar-refractivity contribution in [3.63, 3.8) is 0 Å². The number of aryl methyl sites for hydroxylation is 1. The summed E-state index contributed by atoms with van der Waals surface area (Å²) >= 11 is 0. The Morgan fingerprint density at radius 3 is 2.30 bits per heavy atom. The molecule has 188 valence electrons. The number of hydrogen-bond donors (Lipinski definition) is 1. The molecule has 1 heterocycles. The Morgan fingerprint density at radius 1 is 0.946 bits per heavy atom. The van der Waals surface area contributed by atoms with Crippen molar-refractivity contribution in [3.05, 3.63) is 106 Å². The molecule has 0 amide bonds. The van der Waals surface area contributed by atoms with Gasteiger partial charge >= 0.3 is 11.9 Å². The van der Waals surface area contributed by atoms with Crippen LogP contribution in [0.2, 0.25) is 0 Å². The number of aromatic carboxylic acids is 1. The summed E-state index contributed by atoms with van der Waals surface area (Å²) < 4.78 is 17.6. The van der Waals surface area contributed by atoms with E-state index in [4.69, 9.17) is 14.2 Å². The number of nitrogens with zero attached hydrogens (tertiary/aromatic N) is 2. The van der Waals surface area contributed by atoms with E-state index in [2.05, 4.69) is 4.98 Å². The van der Waals surface area contributed by atoms with Crippen molar-refractivity contribution in [3.8, 4) is 28.6 Å². The first-order chi connectivity index (χ1) is 17.8. The van der Waals surface area contributed by atoms with Gasteiger partial charge in [0.25, 0.3) is 5.56 Å². The van der Waals surface area contributed by atoms with Crippen LogP contribution in [0.1, 0.15) is 32.0 Å². The maximum Gasteiger partial charge on any atom is 0.358 e. The number of carboxylic acids is 1. The topological polar surface area (TPSA) is 117 Å². The van der Waals surface area contributed by atoms with Crippen molar-refractivity contribution in [2.75, 3.05) is 7.11 Å². The average molecular weight is 501 g/mol. The van der Waals surface area contributed by atoms with Gasteiger partial charge in [-0.15, -0.1) is 0 Å². The van der Waals surface area contributed by atoms with Crippen LogP contribution in [0.4, 0.5) is 0 Å². The summed E-state index contributed by atoms with van der Waals surface area (Å²) in [7, 11) is 3.01. The summed E-state index contributed by atoms with van der Waals surface area (Å²) in [4.78, 5) is 42.0. The molecule has 0 radical (unpaired) electrons. The number of para-hydroxylation sites is 1. The smallest absolute Gasteiger partial charge is 0.358 e. The molecule has 0 saturated carbocycles. The third-order valence-electron chi connectivity index (χ3n) is 5.65.